The predicted molar refractivity (Wildman–Crippen MR) is 111 cm³/mol. The van der Waals surface area contributed by atoms with Crippen LogP contribution >= 0.6 is 11.6 Å². The van der Waals surface area contributed by atoms with E-state index in [2.05, 4.69) is 5.32 Å². The van der Waals surface area contributed by atoms with Gasteiger partial charge >= 0.3 is 0 Å². The molecule has 1 N–H and O–H groups in total. The largest absolute Gasteiger partial charge is 0.324 e. The molecule has 3 rings (SSSR count). The summed E-state index contributed by atoms with van der Waals surface area (Å²) in [4.78, 5) is 14.4. The first-order valence-electron chi connectivity index (χ1n) is 9.18. The van der Waals surface area contributed by atoms with Gasteiger partial charge in [-0.2, -0.15) is 4.31 Å². The van der Waals surface area contributed by atoms with E-state index in [1.807, 2.05) is 42.3 Å². The maximum absolute atomic E-state index is 12.7. The molecule has 6 nitrogen and oxygen atoms in total. The SMILES string of the molecule is CN(CC(=O)Nc1cc(S(=O)(=O)N2CCCC2)ccc1Cl)Cc1ccccc1. The van der Waals surface area contributed by atoms with Crippen LogP contribution in [0.15, 0.2) is 53.4 Å². The molecule has 8 heteroatoms. The van der Waals surface area contributed by atoms with Crippen molar-refractivity contribution in [3.8, 4) is 0 Å². The summed E-state index contributed by atoms with van der Waals surface area (Å²) in [6.07, 6.45) is 1.73. The lowest BCUT2D eigenvalue weighted by molar-refractivity contribution is -0.117. The number of halogens is 1. The molecular formula is C20H24ClN3O3S. The van der Waals surface area contributed by atoms with Gasteiger partial charge in [0.05, 0.1) is 22.2 Å². The first kappa shape index (κ1) is 20.8. The topological polar surface area (TPSA) is 69.7 Å². The number of carbonyl (C=O) groups excluding carboxylic acids is 1. The van der Waals surface area contributed by atoms with Crippen molar-refractivity contribution in [1.82, 2.24) is 9.21 Å². The highest BCUT2D eigenvalue weighted by molar-refractivity contribution is 7.89. The Morgan fingerprint density at radius 1 is 1.14 bits per heavy atom. The second kappa shape index (κ2) is 9.05. The minimum absolute atomic E-state index is 0.145. The highest BCUT2D eigenvalue weighted by atomic mass is 35.5. The standard InChI is InChI=1S/C20H24ClN3O3S/c1-23(14-16-7-3-2-4-8-16)15-20(25)22-19-13-17(9-10-18(19)21)28(26,27)24-11-5-6-12-24/h2-4,7-10,13H,5-6,11-12,14-15H2,1H3,(H,22,25). The zero-order chi connectivity index (χ0) is 20.1. The number of carbonyl (C=O) groups is 1. The molecule has 0 spiro atoms. The van der Waals surface area contributed by atoms with E-state index >= 15 is 0 Å². The molecule has 1 aliphatic rings. The third-order valence-electron chi connectivity index (χ3n) is 4.62. The molecule has 0 bridgehead atoms. The Kier molecular flexibility index (Phi) is 6.72. The number of hydrogen-bond acceptors (Lipinski definition) is 4. The van der Waals surface area contributed by atoms with Crippen LogP contribution in [0.4, 0.5) is 5.69 Å². The van der Waals surface area contributed by atoms with Gasteiger partial charge in [-0.05, 0) is 43.7 Å². The van der Waals surface area contributed by atoms with Gasteiger partial charge in [0.2, 0.25) is 15.9 Å². The van der Waals surface area contributed by atoms with Crippen molar-refractivity contribution in [2.24, 2.45) is 0 Å². The van der Waals surface area contributed by atoms with E-state index in [0.29, 0.717) is 30.3 Å². The van der Waals surface area contributed by atoms with Gasteiger partial charge in [0.1, 0.15) is 0 Å². The Morgan fingerprint density at radius 3 is 2.50 bits per heavy atom. The smallest absolute Gasteiger partial charge is 0.243 e. The molecule has 1 fully saturated rings. The van der Waals surface area contributed by atoms with Crippen molar-refractivity contribution in [3.63, 3.8) is 0 Å². The van der Waals surface area contributed by atoms with E-state index in [-0.39, 0.29) is 17.3 Å². The first-order chi connectivity index (χ1) is 13.4. The van der Waals surface area contributed by atoms with Crippen molar-refractivity contribution in [2.45, 2.75) is 24.3 Å². The van der Waals surface area contributed by atoms with E-state index in [0.717, 1.165) is 18.4 Å². The summed E-state index contributed by atoms with van der Waals surface area (Å²) in [6, 6.07) is 14.3. The normalized spacial score (nSPS) is 15.1. The van der Waals surface area contributed by atoms with Crippen molar-refractivity contribution in [1.29, 1.82) is 0 Å². The third kappa shape index (κ3) is 5.11. The zero-order valence-corrected chi connectivity index (χ0v) is 17.3. The molecule has 2 aromatic rings. The molecule has 150 valence electrons. The van der Waals surface area contributed by atoms with Crippen LogP contribution in [0.5, 0.6) is 0 Å². The highest BCUT2D eigenvalue weighted by Crippen LogP contribution is 2.28. The van der Waals surface area contributed by atoms with Crippen LogP contribution in [0.25, 0.3) is 0 Å². The molecular weight excluding hydrogens is 398 g/mol. The second-order valence-corrected chi connectivity index (χ2v) is 9.30. The van der Waals surface area contributed by atoms with Gasteiger partial charge in [-0.1, -0.05) is 41.9 Å². The lowest BCUT2D eigenvalue weighted by Crippen LogP contribution is -2.30. The maximum Gasteiger partial charge on any atom is 0.243 e. The lowest BCUT2D eigenvalue weighted by Gasteiger charge is -2.18. The van der Waals surface area contributed by atoms with Gasteiger partial charge in [0.15, 0.2) is 0 Å². The number of amides is 1. The van der Waals surface area contributed by atoms with Gasteiger partial charge < -0.3 is 5.32 Å². The van der Waals surface area contributed by atoms with Crippen LogP contribution in [-0.4, -0.2) is 50.2 Å². The summed E-state index contributed by atoms with van der Waals surface area (Å²) in [7, 11) is -1.71. The van der Waals surface area contributed by atoms with Crippen LogP contribution < -0.4 is 5.32 Å². The molecule has 1 heterocycles. The van der Waals surface area contributed by atoms with Gasteiger partial charge in [-0.3, -0.25) is 9.69 Å². The van der Waals surface area contributed by atoms with Gasteiger partial charge in [-0.25, -0.2) is 8.42 Å². The molecule has 1 saturated heterocycles. The van der Waals surface area contributed by atoms with Crippen LogP contribution in [0.2, 0.25) is 5.02 Å². The molecule has 0 atom stereocenters. The molecule has 28 heavy (non-hydrogen) atoms. The Balaban J connectivity index is 1.67. The Labute approximate surface area is 171 Å². The molecule has 0 aliphatic carbocycles. The molecule has 1 amide bonds. The second-order valence-electron chi connectivity index (χ2n) is 6.96. The van der Waals surface area contributed by atoms with E-state index in [9.17, 15) is 13.2 Å². The molecule has 0 saturated carbocycles. The Hall–Kier alpha value is -1.93. The van der Waals surface area contributed by atoms with E-state index in [1.54, 1.807) is 0 Å². The van der Waals surface area contributed by atoms with Crippen molar-refractivity contribution in [2.75, 3.05) is 32.0 Å². The number of hydrogen-bond donors (Lipinski definition) is 1. The number of rotatable bonds is 7. The summed E-state index contributed by atoms with van der Waals surface area (Å²) in [5.41, 5.74) is 1.41. The monoisotopic (exact) mass is 421 g/mol. The molecule has 0 unspecified atom stereocenters. The van der Waals surface area contributed by atoms with Crippen LogP contribution in [-0.2, 0) is 21.4 Å². The summed E-state index contributed by atoms with van der Waals surface area (Å²) < 4.78 is 26.9. The van der Waals surface area contributed by atoms with Gasteiger partial charge in [0, 0.05) is 19.6 Å². The van der Waals surface area contributed by atoms with Gasteiger partial charge in [0.25, 0.3) is 0 Å². The molecule has 1 aliphatic heterocycles. The summed E-state index contributed by atoms with van der Waals surface area (Å²) >= 11 is 6.18. The number of sulfonamides is 1. The molecule has 2 aromatic carbocycles. The average Bonchev–Trinajstić information content (AvgIpc) is 3.19. The summed E-state index contributed by atoms with van der Waals surface area (Å²) in [6.45, 7) is 1.84. The number of likely N-dealkylation sites (N-methyl/N-ethyl adjacent to an activating group) is 1. The minimum atomic E-state index is -3.56. The van der Waals surface area contributed by atoms with Crippen molar-refractivity contribution in [3.05, 3.63) is 59.1 Å². The van der Waals surface area contributed by atoms with Crippen LogP contribution in [0.1, 0.15) is 18.4 Å². The number of benzene rings is 2. The Morgan fingerprint density at radius 2 is 1.82 bits per heavy atom. The number of nitrogens with one attached hydrogen (secondary N) is 1. The van der Waals surface area contributed by atoms with E-state index in [4.69, 9.17) is 11.6 Å². The van der Waals surface area contributed by atoms with Gasteiger partial charge in [-0.15, -0.1) is 0 Å². The van der Waals surface area contributed by atoms with E-state index in [1.165, 1.54) is 22.5 Å². The summed E-state index contributed by atoms with van der Waals surface area (Å²) in [5.74, 6) is -0.254. The minimum Gasteiger partial charge on any atom is -0.324 e. The molecule has 0 radical (unpaired) electrons. The fourth-order valence-corrected chi connectivity index (χ4v) is 4.93. The number of nitrogens with zero attached hydrogens (tertiary/aromatic N) is 2. The summed E-state index contributed by atoms with van der Waals surface area (Å²) in [5, 5.41) is 3.04. The van der Waals surface area contributed by atoms with E-state index < -0.39 is 10.0 Å². The fourth-order valence-electron chi connectivity index (χ4n) is 3.22. The van der Waals surface area contributed by atoms with Crippen molar-refractivity contribution >= 4 is 33.2 Å². The zero-order valence-electron chi connectivity index (χ0n) is 15.8. The maximum atomic E-state index is 12.7. The number of anilines is 1. The first-order valence-corrected chi connectivity index (χ1v) is 11.0. The molecule has 0 aromatic heterocycles. The van der Waals surface area contributed by atoms with Crippen molar-refractivity contribution < 1.29 is 13.2 Å². The fraction of sp³-hybridized carbons (Fsp3) is 0.350. The van der Waals surface area contributed by atoms with Crippen LogP contribution in [0, 0.1) is 0 Å². The predicted octanol–water partition coefficient (Wildman–Crippen LogP) is 3.20. The Bertz CT molecular complexity index is 929. The third-order valence-corrected chi connectivity index (χ3v) is 6.85. The quantitative estimate of drug-likeness (QED) is 0.745. The lowest BCUT2D eigenvalue weighted by atomic mass is 10.2. The average molecular weight is 422 g/mol. The van der Waals surface area contributed by atoms with Crippen LogP contribution in [0.3, 0.4) is 0 Å². The highest BCUT2D eigenvalue weighted by Gasteiger charge is 2.27.